The molecule has 4 aromatic rings. The fourth-order valence-corrected chi connectivity index (χ4v) is 5.30. The number of phenolic OH excluding ortho intramolecular Hbond substituents is 1. The largest absolute Gasteiger partial charge is 0.507 e. The van der Waals surface area contributed by atoms with E-state index in [0.29, 0.717) is 19.6 Å². The van der Waals surface area contributed by atoms with Crippen LogP contribution < -0.4 is 10.6 Å². The Hall–Kier alpha value is -3.68. The number of nitrogens with zero attached hydrogens (tertiary/aromatic N) is 6. The van der Waals surface area contributed by atoms with Crippen molar-refractivity contribution in [2.45, 2.75) is 17.9 Å². The van der Waals surface area contributed by atoms with E-state index >= 15 is 4.39 Å². The molecule has 0 unspecified atom stereocenters. The molecule has 198 valence electrons. The first-order valence-corrected chi connectivity index (χ1v) is 13.7. The van der Waals surface area contributed by atoms with Gasteiger partial charge in [0.25, 0.3) is 9.05 Å². The summed E-state index contributed by atoms with van der Waals surface area (Å²) in [6.07, 6.45) is 2.19. The van der Waals surface area contributed by atoms with Crippen molar-refractivity contribution < 1.29 is 22.3 Å². The first kappa shape index (κ1) is 25.9. The second kappa shape index (κ2) is 9.57. The van der Waals surface area contributed by atoms with Crippen molar-refractivity contribution in [3.8, 4) is 22.7 Å². The van der Waals surface area contributed by atoms with Crippen LogP contribution in [0.5, 0.6) is 5.75 Å². The summed E-state index contributed by atoms with van der Waals surface area (Å²) in [5.41, 5.74) is -2.09. The number of halogens is 3. The van der Waals surface area contributed by atoms with E-state index in [2.05, 4.69) is 19.9 Å². The summed E-state index contributed by atoms with van der Waals surface area (Å²) in [6, 6.07) is 5.55. The van der Waals surface area contributed by atoms with E-state index in [1.807, 2.05) is 18.9 Å². The highest BCUT2D eigenvalue weighted by Gasteiger charge is 2.28. The molecule has 3 aromatic heterocycles. The van der Waals surface area contributed by atoms with E-state index in [1.54, 1.807) is 0 Å². The van der Waals surface area contributed by atoms with Gasteiger partial charge in [-0.25, -0.2) is 31.5 Å². The van der Waals surface area contributed by atoms with Crippen LogP contribution in [-0.2, 0) is 9.05 Å². The first-order chi connectivity index (χ1) is 18.0. The summed E-state index contributed by atoms with van der Waals surface area (Å²) in [5.74, 6) is -2.26. The first-order valence-electron chi connectivity index (χ1n) is 11.4. The molecule has 14 heteroatoms. The van der Waals surface area contributed by atoms with E-state index in [9.17, 15) is 22.7 Å². The lowest BCUT2D eigenvalue weighted by atomic mass is 10.1. The number of benzene rings is 1. The highest BCUT2D eigenvalue weighted by molar-refractivity contribution is 8.13. The zero-order valence-corrected chi connectivity index (χ0v) is 21.7. The molecule has 1 aliphatic rings. The third-order valence-corrected chi connectivity index (χ3v) is 7.69. The molecule has 5 rings (SSSR count). The number of fused-ring (bicyclic) bond motifs is 1. The Morgan fingerprint density at radius 1 is 1.11 bits per heavy atom. The van der Waals surface area contributed by atoms with Crippen molar-refractivity contribution in [3.05, 3.63) is 64.8 Å². The fraction of sp³-hybridized carbons (Fsp3) is 0.250. The van der Waals surface area contributed by atoms with Crippen LogP contribution in [-0.4, -0.2) is 70.7 Å². The van der Waals surface area contributed by atoms with Crippen LogP contribution in [0, 0.1) is 11.6 Å². The highest BCUT2D eigenvalue weighted by Crippen LogP contribution is 2.36. The lowest BCUT2D eigenvalue weighted by Gasteiger charge is -2.39. The van der Waals surface area contributed by atoms with Crippen LogP contribution in [0.15, 0.2) is 52.4 Å². The zero-order valence-electron chi connectivity index (χ0n) is 20.1. The Morgan fingerprint density at radius 3 is 2.55 bits per heavy atom. The number of anilines is 1. The number of hydrogen-bond donors (Lipinski definition) is 1. The number of piperazine rings is 1. The Balaban J connectivity index is 1.86. The molecule has 10 nitrogen and oxygen atoms in total. The molecular weight excluding hydrogens is 542 g/mol. The number of aromatic nitrogens is 4. The average molecular weight is 563 g/mol. The topological polar surface area (TPSA) is 122 Å². The van der Waals surface area contributed by atoms with E-state index in [0.717, 1.165) is 29.0 Å². The van der Waals surface area contributed by atoms with Crippen molar-refractivity contribution >= 4 is 36.6 Å². The highest BCUT2D eigenvalue weighted by atomic mass is 35.7. The van der Waals surface area contributed by atoms with Crippen LogP contribution in [0.25, 0.3) is 28.0 Å². The maximum Gasteiger partial charge on any atom is 0.355 e. The number of aromatic hydroxyl groups is 1. The number of pyridine rings is 2. The van der Waals surface area contributed by atoms with Crippen molar-refractivity contribution in [3.63, 3.8) is 0 Å². The Morgan fingerprint density at radius 2 is 1.87 bits per heavy atom. The van der Waals surface area contributed by atoms with Gasteiger partial charge in [0.2, 0.25) is 0 Å². The van der Waals surface area contributed by atoms with Gasteiger partial charge in [0.05, 0.1) is 22.8 Å². The van der Waals surface area contributed by atoms with Gasteiger partial charge in [0, 0.05) is 42.6 Å². The number of rotatable bonds is 4. The van der Waals surface area contributed by atoms with Gasteiger partial charge in [-0.3, -0.25) is 4.98 Å². The SMILES string of the molecule is C[C@@H]1CN(C)CCN1c1nc(=O)n(-c2cncc(S(=O)(=O)Cl)c2)c2nc(-c3c(O)cccc3F)c(F)cc12. The molecule has 1 N–H and O–H groups in total. The summed E-state index contributed by atoms with van der Waals surface area (Å²) < 4.78 is 55.0. The monoisotopic (exact) mass is 562 g/mol. The van der Waals surface area contributed by atoms with Gasteiger partial charge in [0.15, 0.2) is 11.5 Å². The molecule has 1 aliphatic heterocycles. The molecule has 0 radical (unpaired) electrons. The van der Waals surface area contributed by atoms with E-state index in [-0.39, 0.29) is 33.5 Å². The minimum Gasteiger partial charge on any atom is -0.507 e. The van der Waals surface area contributed by atoms with Crippen LogP contribution in [0.4, 0.5) is 14.6 Å². The average Bonchev–Trinajstić information content (AvgIpc) is 2.84. The van der Waals surface area contributed by atoms with Crippen molar-refractivity contribution in [2.24, 2.45) is 0 Å². The lowest BCUT2D eigenvalue weighted by molar-refractivity contribution is 0.275. The fourth-order valence-electron chi connectivity index (χ4n) is 4.60. The van der Waals surface area contributed by atoms with Crippen LogP contribution in [0.3, 0.4) is 0 Å². The summed E-state index contributed by atoms with van der Waals surface area (Å²) in [4.78, 5) is 29.4. The smallest absolute Gasteiger partial charge is 0.355 e. The predicted octanol–water partition coefficient (Wildman–Crippen LogP) is 2.89. The molecule has 1 aromatic carbocycles. The normalized spacial score (nSPS) is 16.8. The summed E-state index contributed by atoms with van der Waals surface area (Å²) >= 11 is 0. The Kier molecular flexibility index (Phi) is 6.53. The summed E-state index contributed by atoms with van der Waals surface area (Å²) in [5, 5.41) is 10.4. The summed E-state index contributed by atoms with van der Waals surface area (Å²) in [7, 11) is 3.22. The van der Waals surface area contributed by atoms with Gasteiger partial charge in [-0.2, -0.15) is 4.98 Å². The Labute approximate surface area is 220 Å². The van der Waals surface area contributed by atoms with E-state index < -0.39 is 43.4 Å². The van der Waals surface area contributed by atoms with E-state index in [1.165, 1.54) is 18.3 Å². The van der Waals surface area contributed by atoms with Crippen LogP contribution >= 0.6 is 10.7 Å². The molecule has 38 heavy (non-hydrogen) atoms. The predicted molar refractivity (Wildman–Crippen MR) is 137 cm³/mol. The second-order valence-corrected chi connectivity index (χ2v) is 11.6. The molecule has 4 heterocycles. The third-order valence-electron chi connectivity index (χ3n) is 6.37. The molecule has 0 amide bonds. The molecule has 0 bridgehead atoms. The van der Waals surface area contributed by atoms with Gasteiger partial charge < -0.3 is 14.9 Å². The lowest BCUT2D eigenvalue weighted by Crippen LogP contribution is -2.51. The minimum atomic E-state index is -4.21. The van der Waals surface area contributed by atoms with Crippen molar-refractivity contribution in [1.29, 1.82) is 0 Å². The van der Waals surface area contributed by atoms with Crippen molar-refractivity contribution in [2.75, 3.05) is 31.6 Å². The summed E-state index contributed by atoms with van der Waals surface area (Å²) in [6.45, 7) is 3.74. The third kappa shape index (κ3) is 4.57. The number of phenols is 1. The van der Waals surface area contributed by atoms with Crippen LogP contribution in [0.1, 0.15) is 6.92 Å². The van der Waals surface area contributed by atoms with E-state index in [4.69, 9.17) is 10.7 Å². The van der Waals surface area contributed by atoms with Gasteiger partial charge in [0.1, 0.15) is 28.0 Å². The van der Waals surface area contributed by atoms with Crippen molar-refractivity contribution in [1.82, 2.24) is 24.4 Å². The quantitative estimate of drug-likeness (QED) is 0.374. The standard InChI is InChI=1S/C24H21ClF2N6O4S/c1-13-12-31(2)6-7-32(13)22-16-9-18(27)21(20-17(26)4-3-5-19(20)34)29-23(16)33(24(35)30-22)14-8-15(11-28-10-14)38(25,36)37/h3-5,8-11,13,34H,6-7,12H2,1-2H3/t13-/m1/s1. The minimum absolute atomic E-state index is 0.0602. The molecule has 1 saturated heterocycles. The maximum absolute atomic E-state index is 15.5. The van der Waals surface area contributed by atoms with Gasteiger partial charge in [-0.1, -0.05) is 6.07 Å². The maximum atomic E-state index is 15.5. The van der Waals surface area contributed by atoms with Gasteiger partial charge in [-0.15, -0.1) is 0 Å². The number of hydrogen-bond acceptors (Lipinski definition) is 9. The number of likely N-dealkylation sites (N-methyl/N-ethyl adjacent to an activating group) is 1. The van der Waals surface area contributed by atoms with Gasteiger partial charge in [-0.05, 0) is 38.2 Å². The molecule has 0 spiro atoms. The molecule has 0 saturated carbocycles. The molecule has 1 atom stereocenters. The Bertz CT molecular complexity index is 1730. The molecule has 1 fully saturated rings. The second-order valence-electron chi connectivity index (χ2n) is 9.00. The van der Waals surface area contributed by atoms with Crippen LogP contribution in [0.2, 0.25) is 0 Å². The van der Waals surface area contributed by atoms with Gasteiger partial charge >= 0.3 is 5.69 Å². The molecule has 0 aliphatic carbocycles. The molecular formula is C24H21ClF2N6O4S. The zero-order chi connectivity index (χ0) is 27.4.